The van der Waals surface area contributed by atoms with Crippen LogP contribution in [-0.2, 0) is 4.79 Å². The minimum Gasteiger partial charge on any atom is -0.293 e. The Bertz CT molecular complexity index is 161. The molecule has 0 rings (SSSR count). The molecule has 2 nitrogen and oxygen atoms in total. The molecular weight excluding hydrogens is 138 g/mol. The lowest BCUT2D eigenvalue weighted by Crippen LogP contribution is -2.07. The van der Waals surface area contributed by atoms with E-state index in [9.17, 15) is 4.79 Å². The molecule has 0 heterocycles. The summed E-state index contributed by atoms with van der Waals surface area (Å²) in [6.45, 7) is 8.36. The first-order valence-electron chi connectivity index (χ1n) is 4.09. The average molecular weight is 155 g/mol. The summed E-state index contributed by atoms with van der Waals surface area (Å²) < 4.78 is 0. The molecule has 1 unspecified atom stereocenters. The highest BCUT2D eigenvalue weighted by Crippen LogP contribution is 2.00. The molecule has 0 aromatic carbocycles. The monoisotopic (exact) mass is 155 g/mol. The third kappa shape index (κ3) is 4.71. The largest absolute Gasteiger partial charge is 0.293 e. The number of ketones is 1. The van der Waals surface area contributed by atoms with Crippen molar-refractivity contribution in [1.82, 2.24) is 0 Å². The summed E-state index contributed by atoms with van der Waals surface area (Å²) in [4.78, 5) is 14.9. The van der Waals surface area contributed by atoms with E-state index < -0.39 is 0 Å². The van der Waals surface area contributed by atoms with Gasteiger partial charge in [0.1, 0.15) is 0 Å². The first kappa shape index (κ1) is 10.3. The first-order valence-corrected chi connectivity index (χ1v) is 4.09. The third-order valence-corrected chi connectivity index (χ3v) is 1.85. The third-order valence-electron chi connectivity index (χ3n) is 1.85. The molecule has 0 aliphatic heterocycles. The fourth-order valence-electron chi connectivity index (χ4n) is 0.533. The second-order valence-electron chi connectivity index (χ2n) is 3.00. The van der Waals surface area contributed by atoms with Gasteiger partial charge in [0.15, 0.2) is 5.78 Å². The lowest BCUT2D eigenvalue weighted by atomic mass is 10.1. The SMILES string of the molecule is CCC(C)CN=C(C)C(C)=O. The van der Waals surface area contributed by atoms with Crippen LogP contribution < -0.4 is 0 Å². The van der Waals surface area contributed by atoms with E-state index in [0.29, 0.717) is 11.6 Å². The molecule has 0 aliphatic rings. The van der Waals surface area contributed by atoms with Gasteiger partial charge in [-0.05, 0) is 12.8 Å². The van der Waals surface area contributed by atoms with Crippen molar-refractivity contribution in [2.24, 2.45) is 10.9 Å². The summed E-state index contributed by atoms with van der Waals surface area (Å²) in [7, 11) is 0. The molecule has 0 bridgehead atoms. The van der Waals surface area contributed by atoms with Crippen molar-refractivity contribution in [2.75, 3.05) is 6.54 Å². The molecule has 0 saturated carbocycles. The van der Waals surface area contributed by atoms with E-state index in [-0.39, 0.29) is 5.78 Å². The van der Waals surface area contributed by atoms with Crippen LogP contribution in [0.15, 0.2) is 4.99 Å². The van der Waals surface area contributed by atoms with Gasteiger partial charge in [-0.2, -0.15) is 0 Å². The zero-order valence-corrected chi connectivity index (χ0v) is 7.85. The molecular formula is C9H17NO. The summed E-state index contributed by atoms with van der Waals surface area (Å²) in [5.74, 6) is 0.664. The minimum absolute atomic E-state index is 0.0771. The second kappa shape index (κ2) is 5.05. The minimum atomic E-state index is 0.0771. The van der Waals surface area contributed by atoms with E-state index in [2.05, 4.69) is 18.8 Å². The average Bonchev–Trinajstić information content (AvgIpc) is 1.99. The summed E-state index contributed by atoms with van der Waals surface area (Å²) >= 11 is 0. The van der Waals surface area contributed by atoms with Gasteiger partial charge in [-0.1, -0.05) is 20.3 Å². The molecule has 0 aromatic heterocycles. The Balaban J connectivity index is 3.82. The molecule has 0 fully saturated rings. The predicted molar refractivity (Wildman–Crippen MR) is 48.1 cm³/mol. The van der Waals surface area contributed by atoms with Crippen LogP contribution in [0.25, 0.3) is 0 Å². The van der Waals surface area contributed by atoms with Gasteiger partial charge in [0.25, 0.3) is 0 Å². The number of hydrogen-bond donors (Lipinski definition) is 0. The van der Waals surface area contributed by atoms with E-state index in [4.69, 9.17) is 0 Å². The Morgan fingerprint density at radius 2 is 2.00 bits per heavy atom. The highest BCUT2D eigenvalue weighted by molar-refractivity contribution is 6.37. The lowest BCUT2D eigenvalue weighted by molar-refractivity contribution is -0.111. The number of carbonyl (C=O) groups excluding carboxylic acids is 1. The molecule has 0 amide bonds. The fraction of sp³-hybridized carbons (Fsp3) is 0.778. The van der Waals surface area contributed by atoms with Gasteiger partial charge in [-0.25, -0.2) is 0 Å². The molecule has 0 saturated heterocycles. The molecule has 11 heavy (non-hydrogen) atoms. The van der Waals surface area contributed by atoms with E-state index in [1.54, 1.807) is 13.8 Å². The van der Waals surface area contributed by atoms with Crippen LogP contribution in [0.4, 0.5) is 0 Å². The van der Waals surface area contributed by atoms with Crippen molar-refractivity contribution in [2.45, 2.75) is 34.1 Å². The maximum Gasteiger partial charge on any atom is 0.173 e. The highest BCUT2D eigenvalue weighted by atomic mass is 16.1. The van der Waals surface area contributed by atoms with E-state index in [0.717, 1.165) is 13.0 Å². The van der Waals surface area contributed by atoms with Crippen LogP contribution >= 0.6 is 0 Å². The predicted octanol–water partition coefficient (Wildman–Crippen LogP) is 2.08. The molecule has 64 valence electrons. The van der Waals surface area contributed by atoms with E-state index in [1.807, 2.05) is 0 Å². The Labute approximate surface area is 68.7 Å². The topological polar surface area (TPSA) is 29.4 Å². The normalized spacial score (nSPS) is 14.7. The molecule has 0 spiro atoms. The Hall–Kier alpha value is -0.660. The molecule has 0 aromatic rings. The van der Waals surface area contributed by atoms with Crippen LogP contribution in [0.1, 0.15) is 34.1 Å². The maximum absolute atomic E-state index is 10.7. The highest BCUT2D eigenvalue weighted by Gasteiger charge is 1.99. The lowest BCUT2D eigenvalue weighted by Gasteiger charge is -2.03. The van der Waals surface area contributed by atoms with Gasteiger partial charge in [0, 0.05) is 13.5 Å². The summed E-state index contributed by atoms with van der Waals surface area (Å²) in [6, 6.07) is 0. The quantitative estimate of drug-likeness (QED) is 0.571. The number of rotatable bonds is 4. The van der Waals surface area contributed by atoms with Gasteiger partial charge >= 0.3 is 0 Å². The molecule has 0 radical (unpaired) electrons. The van der Waals surface area contributed by atoms with Gasteiger partial charge in [0.05, 0.1) is 5.71 Å². The smallest absolute Gasteiger partial charge is 0.173 e. The Morgan fingerprint density at radius 1 is 1.45 bits per heavy atom. The first-order chi connectivity index (χ1) is 5.07. The van der Waals surface area contributed by atoms with Crippen LogP contribution in [0.5, 0.6) is 0 Å². The van der Waals surface area contributed by atoms with Crippen LogP contribution in [0.3, 0.4) is 0 Å². The Kier molecular flexibility index (Phi) is 4.75. The summed E-state index contributed by atoms with van der Waals surface area (Å²) in [5.41, 5.74) is 0.644. The van der Waals surface area contributed by atoms with Crippen molar-refractivity contribution in [1.29, 1.82) is 0 Å². The van der Waals surface area contributed by atoms with Crippen LogP contribution in [0.2, 0.25) is 0 Å². The number of carbonyl (C=O) groups is 1. The fourth-order valence-corrected chi connectivity index (χ4v) is 0.533. The van der Waals surface area contributed by atoms with Crippen molar-refractivity contribution in [3.8, 4) is 0 Å². The number of hydrogen-bond acceptors (Lipinski definition) is 2. The van der Waals surface area contributed by atoms with Crippen LogP contribution in [-0.4, -0.2) is 18.0 Å². The van der Waals surface area contributed by atoms with Crippen molar-refractivity contribution < 1.29 is 4.79 Å². The molecule has 0 aliphatic carbocycles. The van der Waals surface area contributed by atoms with E-state index in [1.165, 1.54) is 0 Å². The molecule has 0 N–H and O–H groups in total. The summed E-state index contributed by atoms with van der Waals surface area (Å²) in [5, 5.41) is 0. The summed E-state index contributed by atoms with van der Waals surface area (Å²) in [6.07, 6.45) is 1.12. The van der Waals surface area contributed by atoms with Crippen molar-refractivity contribution >= 4 is 11.5 Å². The maximum atomic E-state index is 10.7. The van der Waals surface area contributed by atoms with Gasteiger partial charge < -0.3 is 0 Å². The van der Waals surface area contributed by atoms with E-state index >= 15 is 0 Å². The zero-order valence-electron chi connectivity index (χ0n) is 7.85. The van der Waals surface area contributed by atoms with Gasteiger partial charge in [0.2, 0.25) is 0 Å². The standard InChI is InChI=1S/C9H17NO/c1-5-7(2)6-10-8(3)9(4)11/h7H,5-6H2,1-4H3. The zero-order chi connectivity index (χ0) is 8.85. The number of Topliss-reactive ketones (excluding diaryl/α,β-unsaturated/α-hetero) is 1. The molecule has 1 atom stereocenters. The Morgan fingerprint density at radius 3 is 2.36 bits per heavy atom. The number of aliphatic imine (C=N–C) groups is 1. The van der Waals surface area contributed by atoms with Crippen LogP contribution in [0, 0.1) is 5.92 Å². The van der Waals surface area contributed by atoms with Crippen molar-refractivity contribution in [3.63, 3.8) is 0 Å². The van der Waals surface area contributed by atoms with Gasteiger partial charge in [-0.3, -0.25) is 9.79 Å². The van der Waals surface area contributed by atoms with Gasteiger partial charge in [-0.15, -0.1) is 0 Å². The van der Waals surface area contributed by atoms with Crippen molar-refractivity contribution in [3.05, 3.63) is 0 Å². The second-order valence-corrected chi connectivity index (χ2v) is 3.00. The molecule has 2 heteroatoms. The number of nitrogens with zero attached hydrogens (tertiary/aromatic N) is 1.